The molecule has 0 spiro atoms. The minimum absolute atomic E-state index is 0.174. The molecule has 0 bridgehead atoms. The molecular weight excluding hydrogens is 379 g/mol. The molecule has 1 saturated heterocycles. The fraction of sp³-hybridized carbons (Fsp3) is 0.292. The number of carbonyl (C=O) groups is 1. The number of halogens is 1. The third kappa shape index (κ3) is 4.89. The van der Waals surface area contributed by atoms with Crippen LogP contribution in [0.4, 0.5) is 4.39 Å². The number of pyridine rings is 2. The number of amides is 1. The standard InChI is InChI=1S/C24H25FN4O/c25-20-10-2-1-8-18(20)16-29-15-7-9-19(17-29)23(21-11-3-5-13-26-21)28-24(30)22-12-4-6-14-27-22/h1-6,8,10-14,19,23H,7,9,15-17H2,(H,28,30)/t19-,23+/m1/s1. The first kappa shape index (κ1) is 20.2. The lowest BCUT2D eigenvalue weighted by molar-refractivity contribution is 0.0869. The van der Waals surface area contributed by atoms with Crippen LogP contribution in [-0.4, -0.2) is 33.9 Å². The summed E-state index contributed by atoms with van der Waals surface area (Å²) in [6, 6.07) is 17.7. The van der Waals surface area contributed by atoms with E-state index < -0.39 is 0 Å². The van der Waals surface area contributed by atoms with Crippen LogP contribution in [0, 0.1) is 11.7 Å². The summed E-state index contributed by atoms with van der Waals surface area (Å²) in [6.07, 6.45) is 5.32. The van der Waals surface area contributed by atoms with Crippen molar-refractivity contribution in [2.45, 2.75) is 25.4 Å². The van der Waals surface area contributed by atoms with Crippen molar-refractivity contribution < 1.29 is 9.18 Å². The first-order chi connectivity index (χ1) is 14.7. The number of aromatic nitrogens is 2. The molecule has 1 aromatic carbocycles. The summed E-state index contributed by atoms with van der Waals surface area (Å²) in [5, 5.41) is 3.15. The Kier molecular flexibility index (Phi) is 6.44. The molecule has 3 heterocycles. The molecule has 2 aromatic heterocycles. The van der Waals surface area contributed by atoms with E-state index in [0.29, 0.717) is 17.8 Å². The Labute approximate surface area is 176 Å². The molecular formula is C24H25FN4O. The lowest BCUT2D eigenvalue weighted by atomic mass is 9.88. The molecule has 2 atom stereocenters. The highest BCUT2D eigenvalue weighted by molar-refractivity contribution is 5.92. The van der Waals surface area contributed by atoms with E-state index in [1.807, 2.05) is 30.3 Å². The van der Waals surface area contributed by atoms with Gasteiger partial charge < -0.3 is 5.32 Å². The lowest BCUT2D eigenvalue weighted by Gasteiger charge is -2.37. The van der Waals surface area contributed by atoms with Crippen molar-refractivity contribution in [1.29, 1.82) is 0 Å². The topological polar surface area (TPSA) is 58.1 Å². The molecule has 0 unspecified atom stereocenters. The van der Waals surface area contributed by atoms with Crippen LogP contribution in [-0.2, 0) is 6.54 Å². The molecule has 1 amide bonds. The maximum Gasteiger partial charge on any atom is 0.270 e. The lowest BCUT2D eigenvalue weighted by Crippen LogP contribution is -2.43. The highest BCUT2D eigenvalue weighted by Gasteiger charge is 2.31. The fourth-order valence-electron chi connectivity index (χ4n) is 4.08. The molecule has 1 aliphatic heterocycles. The second-order valence-electron chi connectivity index (χ2n) is 7.65. The van der Waals surface area contributed by atoms with Gasteiger partial charge >= 0.3 is 0 Å². The summed E-state index contributed by atoms with van der Waals surface area (Å²) in [5.41, 5.74) is 1.92. The van der Waals surface area contributed by atoms with E-state index in [1.54, 1.807) is 36.7 Å². The number of piperidine rings is 1. The molecule has 5 nitrogen and oxygen atoms in total. The van der Waals surface area contributed by atoms with Gasteiger partial charge in [-0.05, 0) is 55.6 Å². The maximum absolute atomic E-state index is 14.1. The van der Waals surface area contributed by atoms with Crippen LogP contribution in [0.25, 0.3) is 0 Å². The predicted molar refractivity (Wildman–Crippen MR) is 113 cm³/mol. The Morgan fingerprint density at radius 2 is 1.83 bits per heavy atom. The van der Waals surface area contributed by atoms with Crippen LogP contribution in [0.2, 0.25) is 0 Å². The third-order valence-electron chi connectivity index (χ3n) is 5.56. The minimum atomic E-state index is -0.232. The summed E-state index contributed by atoms with van der Waals surface area (Å²) in [4.78, 5) is 23.8. The van der Waals surface area contributed by atoms with E-state index in [4.69, 9.17) is 0 Å². The van der Waals surface area contributed by atoms with E-state index in [2.05, 4.69) is 20.2 Å². The summed E-state index contributed by atoms with van der Waals surface area (Å²) >= 11 is 0. The van der Waals surface area contributed by atoms with Gasteiger partial charge in [0, 0.05) is 31.0 Å². The SMILES string of the molecule is O=C(N[C@H](c1ccccn1)[C@@H]1CCCN(Cc2ccccc2F)C1)c1ccccn1. The Hall–Kier alpha value is -3.12. The second kappa shape index (κ2) is 9.59. The van der Waals surface area contributed by atoms with Crippen molar-refractivity contribution in [3.63, 3.8) is 0 Å². The number of benzene rings is 1. The quantitative estimate of drug-likeness (QED) is 0.675. The third-order valence-corrected chi connectivity index (χ3v) is 5.56. The van der Waals surface area contributed by atoms with E-state index in [0.717, 1.165) is 31.6 Å². The van der Waals surface area contributed by atoms with E-state index in [-0.39, 0.29) is 23.7 Å². The van der Waals surface area contributed by atoms with Gasteiger partial charge in [0.15, 0.2) is 0 Å². The van der Waals surface area contributed by atoms with Crippen molar-refractivity contribution in [3.8, 4) is 0 Å². The maximum atomic E-state index is 14.1. The zero-order chi connectivity index (χ0) is 20.8. The number of rotatable bonds is 6. The van der Waals surface area contributed by atoms with Crippen molar-refractivity contribution >= 4 is 5.91 Å². The molecule has 154 valence electrons. The first-order valence-electron chi connectivity index (χ1n) is 10.3. The molecule has 4 rings (SSSR count). The smallest absolute Gasteiger partial charge is 0.270 e. The fourth-order valence-corrected chi connectivity index (χ4v) is 4.08. The van der Waals surface area contributed by atoms with Gasteiger partial charge in [-0.2, -0.15) is 0 Å². The number of nitrogens with zero attached hydrogens (tertiary/aromatic N) is 3. The molecule has 0 radical (unpaired) electrons. The summed E-state index contributed by atoms with van der Waals surface area (Å²) in [7, 11) is 0. The predicted octanol–water partition coefficient (Wildman–Crippen LogP) is 4.00. The van der Waals surface area contributed by atoms with Crippen LogP contribution in [0.3, 0.4) is 0 Å². The van der Waals surface area contributed by atoms with Gasteiger partial charge in [0.2, 0.25) is 0 Å². The van der Waals surface area contributed by atoms with E-state index >= 15 is 0 Å². The van der Waals surface area contributed by atoms with Crippen LogP contribution in [0.15, 0.2) is 73.1 Å². The van der Waals surface area contributed by atoms with E-state index in [9.17, 15) is 9.18 Å². The Bertz CT molecular complexity index is 967. The van der Waals surface area contributed by atoms with Crippen molar-refractivity contribution in [1.82, 2.24) is 20.2 Å². The number of nitrogens with one attached hydrogen (secondary N) is 1. The molecule has 1 aliphatic rings. The molecule has 1 N–H and O–H groups in total. The van der Waals surface area contributed by atoms with Gasteiger partial charge in [0.05, 0.1) is 11.7 Å². The molecule has 30 heavy (non-hydrogen) atoms. The summed E-state index contributed by atoms with van der Waals surface area (Å²) in [6.45, 7) is 2.23. The Morgan fingerprint density at radius 1 is 1.07 bits per heavy atom. The van der Waals surface area contributed by atoms with Crippen LogP contribution >= 0.6 is 0 Å². The van der Waals surface area contributed by atoms with Gasteiger partial charge in [0.25, 0.3) is 5.91 Å². The zero-order valence-corrected chi connectivity index (χ0v) is 16.7. The van der Waals surface area contributed by atoms with Crippen molar-refractivity contribution in [2.24, 2.45) is 5.92 Å². The molecule has 6 heteroatoms. The Morgan fingerprint density at radius 3 is 2.57 bits per heavy atom. The largest absolute Gasteiger partial charge is 0.342 e. The monoisotopic (exact) mass is 404 g/mol. The first-order valence-corrected chi connectivity index (χ1v) is 10.3. The molecule has 3 aromatic rings. The number of likely N-dealkylation sites (tertiary alicyclic amines) is 1. The van der Waals surface area contributed by atoms with Gasteiger partial charge in [-0.25, -0.2) is 4.39 Å². The average Bonchev–Trinajstić information content (AvgIpc) is 2.80. The highest BCUT2D eigenvalue weighted by Crippen LogP contribution is 2.30. The summed E-state index contributed by atoms with van der Waals surface area (Å²) < 4.78 is 14.1. The Balaban J connectivity index is 1.52. The molecule has 1 fully saturated rings. The number of hydrogen-bond donors (Lipinski definition) is 1. The number of hydrogen-bond acceptors (Lipinski definition) is 4. The molecule has 0 saturated carbocycles. The van der Waals surface area contributed by atoms with Crippen molar-refractivity contribution in [2.75, 3.05) is 13.1 Å². The normalized spacial score (nSPS) is 18.0. The van der Waals surface area contributed by atoms with Crippen LogP contribution < -0.4 is 5.32 Å². The van der Waals surface area contributed by atoms with Crippen molar-refractivity contribution in [3.05, 3.63) is 95.8 Å². The molecule has 0 aliphatic carbocycles. The van der Waals surface area contributed by atoms with Gasteiger partial charge in [-0.15, -0.1) is 0 Å². The highest BCUT2D eigenvalue weighted by atomic mass is 19.1. The zero-order valence-electron chi connectivity index (χ0n) is 16.7. The van der Waals surface area contributed by atoms with Crippen LogP contribution in [0.1, 0.15) is 40.6 Å². The summed E-state index contributed by atoms with van der Waals surface area (Å²) in [5.74, 6) is -0.213. The van der Waals surface area contributed by atoms with Gasteiger partial charge in [-0.3, -0.25) is 19.7 Å². The minimum Gasteiger partial charge on any atom is -0.342 e. The van der Waals surface area contributed by atoms with Gasteiger partial charge in [0.1, 0.15) is 11.5 Å². The second-order valence-corrected chi connectivity index (χ2v) is 7.65. The van der Waals surface area contributed by atoms with Crippen LogP contribution in [0.5, 0.6) is 0 Å². The number of carbonyl (C=O) groups excluding carboxylic acids is 1. The van der Waals surface area contributed by atoms with Gasteiger partial charge in [-0.1, -0.05) is 30.3 Å². The van der Waals surface area contributed by atoms with E-state index in [1.165, 1.54) is 6.07 Å². The average molecular weight is 404 g/mol.